The normalized spacial score (nSPS) is 11.4. The fourth-order valence-corrected chi connectivity index (χ4v) is 2.31. The van der Waals surface area contributed by atoms with Crippen LogP contribution >= 0.6 is 11.6 Å². The van der Waals surface area contributed by atoms with Crippen molar-refractivity contribution in [3.05, 3.63) is 71.2 Å². The molecule has 0 saturated carbocycles. The molecular formula is C17H10ClF4N3O. The molecule has 0 atom stereocenters. The van der Waals surface area contributed by atoms with Gasteiger partial charge in [0.1, 0.15) is 18.2 Å². The van der Waals surface area contributed by atoms with Crippen molar-refractivity contribution in [1.82, 2.24) is 15.0 Å². The van der Waals surface area contributed by atoms with Crippen LogP contribution in [0.3, 0.4) is 0 Å². The molecule has 9 heteroatoms. The Morgan fingerprint density at radius 2 is 1.62 bits per heavy atom. The number of hydrogen-bond acceptors (Lipinski definition) is 4. The Kier molecular flexibility index (Phi) is 5.03. The molecule has 26 heavy (non-hydrogen) atoms. The van der Waals surface area contributed by atoms with Crippen LogP contribution in [-0.4, -0.2) is 15.0 Å². The molecule has 0 aliphatic rings. The predicted octanol–water partition coefficient (Wildman–Crippen LogP) is 4.93. The lowest BCUT2D eigenvalue weighted by atomic mass is 10.2. The monoisotopic (exact) mass is 383 g/mol. The molecule has 134 valence electrons. The van der Waals surface area contributed by atoms with Crippen LogP contribution in [0.25, 0.3) is 11.3 Å². The third-order valence-corrected chi connectivity index (χ3v) is 3.62. The molecule has 0 radical (unpaired) electrons. The van der Waals surface area contributed by atoms with E-state index >= 15 is 0 Å². The van der Waals surface area contributed by atoms with E-state index in [2.05, 4.69) is 15.0 Å². The first kappa shape index (κ1) is 18.1. The number of benzene rings is 1. The van der Waals surface area contributed by atoms with Crippen molar-refractivity contribution in [2.24, 2.45) is 0 Å². The summed E-state index contributed by atoms with van der Waals surface area (Å²) in [6.45, 7) is 0.0418. The van der Waals surface area contributed by atoms with Crippen molar-refractivity contribution in [3.63, 3.8) is 0 Å². The van der Waals surface area contributed by atoms with E-state index in [1.807, 2.05) is 0 Å². The van der Waals surface area contributed by atoms with Gasteiger partial charge in [0.05, 0.1) is 16.3 Å². The summed E-state index contributed by atoms with van der Waals surface area (Å²) in [6, 6.07) is 6.26. The second-order valence-corrected chi connectivity index (χ2v) is 5.59. The van der Waals surface area contributed by atoms with Gasteiger partial charge in [-0.2, -0.15) is 13.2 Å². The number of aromatic nitrogens is 3. The van der Waals surface area contributed by atoms with Gasteiger partial charge in [-0.1, -0.05) is 11.6 Å². The van der Waals surface area contributed by atoms with E-state index in [9.17, 15) is 17.6 Å². The first-order valence-corrected chi connectivity index (χ1v) is 7.63. The summed E-state index contributed by atoms with van der Waals surface area (Å²) in [5, 5.41) is -0.154. The maximum absolute atomic E-state index is 12.8. The lowest BCUT2D eigenvalue weighted by Gasteiger charge is -2.09. The van der Waals surface area contributed by atoms with Gasteiger partial charge in [-0.15, -0.1) is 0 Å². The number of hydrogen-bond donors (Lipinski definition) is 0. The number of alkyl halides is 3. The Morgan fingerprint density at radius 3 is 2.19 bits per heavy atom. The van der Waals surface area contributed by atoms with Gasteiger partial charge in [0.15, 0.2) is 5.82 Å². The summed E-state index contributed by atoms with van der Waals surface area (Å²) in [6.07, 6.45) is -1.05. The zero-order valence-electron chi connectivity index (χ0n) is 13.0. The van der Waals surface area contributed by atoms with Crippen LogP contribution in [0, 0.1) is 5.82 Å². The average molecular weight is 384 g/mol. The van der Waals surface area contributed by atoms with Gasteiger partial charge in [0, 0.05) is 24.2 Å². The summed E-state index contributed by atoms with van der Waals surface area (Å²) >= 11 is 5.89. The van der Waals surface area contributed by atoms with E-state index in [0.29, 0.717) is 23.3 Å². The van der Waals surface area contributed by atoms with Gasteiger partial charge in [-0.3, -0.25) is 4.98 Å². The van der Waals surface area contributed by atoms with Crippen LogP contribution in [0.1, 0.15) is 11.4 Å². The van der Waals surface area contributed by atoms with E-state index < -0.39 is 11.7 Å². The van der Waals surface area contributed by atoms with Gasteiger partial charge < -0.3 is 4.74 Å². The van der Waals surface area contributed by atoms with Gasteiger partial charge in [-0.25, -0.2) is 14.4 Å². The lowest BCUT2D eigenvalue weighted by molar-refractivity contribution is -0.137. The topological polar surface area (TPSA) is 47.9 Å². The van der Waals surface area contributed by atoms with E-state index in [0.717, 1.165) is 6.07 Å². The zero-order valence-corrected chi connectivity index (χ0v) is 13.7. The smallest absolute Gasteiger partial charge is 0.417 e. The Balaban J connectivity index is 1.72. The van der Waals surface area contributed by atoms with Crippen LogP contribution in [0.15, 0.2) is 48.9 Å². The van der Waals surface area contributed by atoms with Crippen LogP contribution in [-0.2, 0) is 12.8 Å². The molecule has 3 rings (SSSR count). The Bertz CT molecular complexity index is 899. The minimum atomic E-state index is -4.52. The Morgan fingerprint density at radius 1 is 0.962 bits per heavy atom. The second kappa shape index (κ2) is 7.25. The van der Waals surface area contributed by atoms with Crippen molar-refractivity contribution in [2.75, 3.05) is 0 Å². The highest BCUT2D eigenvalue weighted by Crippen LogP contribution is 2.33. The predicted molar refractivity (Wildman–Crippen MR) is 86.0 cm³/mol. The molecule has 0 aliphatic carbocycles. The quantitative estimate of drug-likeness (QED) is 0.599. The molecule has 0 spiro atoms. The third kappa shape index (κ3) is 4.26. The standard InChI is InChI=1S/C17H10ClF4N3O/c18-14-5-11(17(20,21)22)8-25-16(14)10-6-23-15(24-7-10)9-26-13-3-1-12(19)2-4-13/h1-8H,9H2. The molecule has 0 unspecified atom stereocenters. The average Bonchev–Trinajstić information content (AvgIpc) is 2.61. The molecule has 0 saturated heterocycles. The molecule has 2 aromatic heterocycles. The highest BCUT2D eigenvalue weighted by molar-refractivity contribution is 6.33. The van der Waals surface area contributed by atoms with Crippen molar-refractivity contribution >= 4 is 11.6 Å². The molecule has 1 aromatic carbocycles. The minimum absolute atomic E-state index is 0.0418. The fourth-order valence-electron chi connectivity index (χ4n) is 2.04. The summed E-state index contributed by atoms with van der Waals surface area (Å²) in [5.41, 5.74) is -0.420. The first-order chi connectivity index (χ1) is 12.3. The van der Waals surface area contributed by atoms with Crippen molar-refractivity contribution < 1.29 is 22.3 Å². The Hall–Kier alpha value is -2.74. The van der Waals surface area contributed by atoms with Crippen molar-refractivity contribution in [2.45, 2.75) is 12.8 Å². The molecule has 0 aliphatic heterocycles. The maximum Gasteiger partial charge on any atom is 0.417 e. The number of ether oxygens (including phenoxy) is 1. The Labute approximate surface area is 150 Å². The first-order valence-electron chi connectivity index (χ1n) is 7.25. The minimum Gasteiger partial charge on any atom is -0.486 e. The third-order valence-electron chi connectivity index (χ3n) is 3.33. The number of pyridine rings is 1. The van der Waals surface area contributed by atoms with Gasteiger partial charge in [-0.05, 0) is 30.3 Å². The van der Waals surface area contributed by atoms with Crippen LogP contribution in [0.5, 0.6) is 5.75 Å². The van der Waals surface area contributed by atoms with Crippen LogP contribution in [0.4, 0.5) is 17.6 Å². The number of rotatable bonds is 4. The van der Waals surface area contributed by atoms with Gasteiger partial charge >= 0.3 is 6.18 Å². The van der Waals surface area contributed by atoms with Gasteiger partial charge in [0.2, 0.25) is 0 Å². The molecular weight excluding hydrogens is 374 g/mol. The van der Waals surface area contributed by atoms with Crippen LogP contribution < -0.4 is 4.74 Å². The molecule has 0 fully saturated rings. The molecule has 0 amide bonds. The summed E-state index contributed by atoms with van der Waals surface area (Å²) in [7, 11) is 0. The lowest BCUT2D eigenvalue weighted by Crippen LogP contribution is -2.06. The number of halogens is 5. The van der Waals surface area contributed by atoms with E-state index in [-0.39, 0.29) is 23.1 Å². The molecule has 4 nitrogen and oxygen atoms in total. The van der Waals surface area contributed by atoms with Crippen molar-refractivity contribution in [1.29, 1.82) is 0 Å². The summed E-state index contributed by atoms with van der Waals surface area (Å²) < 4.78 is 56.2. The largest absolute Gasteiger partial charge is 0.486 e. The molecule has 0 bridgehead atoms. The molecule has 0 N–H and O–H groups in total. The maximum atomic E-state index is 12.8. The van der Waals surface area contributed by atoms with E-state index in [4.69, 9.17) is 16.3 Å². The fraction of sp³-hybridized carbons (Fsp3) is 0.118. The van der Waals surface area contributed by atoms with Gasteiger partial charge in [0.25, 0.3) is 0 Å². The van der Waals surface area contributed by atoms with E-state index in [1.165, 1.54) is 36.7 Å². The second-order valence-electron chi connectivity index (χ2n) is 5.18. The van der Waals surface area contributed by atoms with E-state index in [1.54, 1.807) is 0 Å². The highest BCUT2D eigenvalue weighted by atomic mass is 35.5. The molecule has 3 aromatic rings. The zero-order chi connectivity index (χ0) is 18.7. The highest BCUT2D eigenvalue weighted by Gasteiger charge is 2.31. The SMILES string of the molecule is Fc1ccc(OCc2ncc(-c3ncc(C(F)(F)F)cc3Cl)cn2)cc1. The van der Waals surface area contributed by atoms with Crippen molar-refractivity contribution in [3.8, 4) is 17.0 Å². The number of nitrogens with zero attached hydrogens (tertiary/aromatic N) is 3. The summed E-state index contributed by atoms with van der Waals surface area (Å²) in [5.74, 6) is 0.409. The molecule has 2 heterocycles. The van der Waals surface area contributed by atoms with Crippen LogP contribution in [0.2, 0.25) is 5.02 Å². The summed E-state index contributed by atoms with van der Waals surface area (Å²) in [4.78, 5) is 11.9.